The van der Waals surface area contributed by atoms with Gasteiger partial charge in [-0.2, -0.15) is 18.3 Å². The first kappa shape index (κ1) is 26.1. The Morgan fingerprint density at radius 2 is 2.05 bits per heavy atom. The third-order valence-corrected chi connectivity index (χ3v) is 8.06. The first-order valence-electron chi connectivity index (χ1n) is 12.4. The second kappa shape index (κ2) is 10.3. The van der Waals surface area contributed by atoms with Crippen LogP contribution in [0, 0.1) is 0 Å². The lowest BCUT2D eigenvalue weighted by atomic mass is 9.95. The highest BCUT2D eigenvalue weighted by Gasteiger charge is 2.47. The van der Waals surface area contributed by atoms with Crippen LogP contribution in [-0.2, 0) is 17.6 Å². The van der Waals surface area contributed by atoms with Gasteiger partial charge in [0.25, 0.3) is 5.91 Å². The van der Waals surface area contributed by atoms with E-state index >= 15 is 0 Å². The van der Waals surface area contributed by atoms with Crippen LogP contribution in [-0.4, -0.2) is 41.5 Å². The van der Waals surface area contributed by atoms with Crippen LogP contribution < -0.4 is 15.4 Å². The van der Waals surface area contributed by atoms with Crippen LogP contribution in [0.2, 0.25) is 0 Å². The van der Waals surface area contributed by atoms with E-state index in [1.165, 1.54) is 18.4 Å². The van der Waals surface area contributed by atoms with E-state index in [9.17, 15) is 22.8 Å². The molecule has 0 saturated heterocycles. The van der Waals surface area contributed by atoms with Gasteiger partial charge < -0.3 is 20.1 Å². The summed E-state index contributed by atoms with van der Waals surface area (Å²) in [4.78, 5) is 27.2. The van der Waals surface area contributed by atoms with Crippen molar-refractivity contribution in [2.45, 2.75) is 57.3 Å². The van der Waals surface area contributed by atoms with Crippen molar-refractivity contribution in [3.63, 3.8) is 0 Å². The molecular weight excluding hydrogens is 521 g/mol. The second-order valence-electron chi connectivity index (χ2n) is 9.21. The van der Waals surface area contributed by atoms with Gasteiger partial charge in [-0.15, -0.1) is 11.3 Å². The van der Waals surface area contributed by atoms with Gasteiger partial charge in [0.1, 0.15) is 22.1 Å². The highest BCUT2D eigenvalue weighted by molar-refractivity contribution is 7.17. The van der Waals surface area contributed by atoms with Crippen LogP contribution in [0.25, 0.3) is 0 Å². The molecule has 0 fully saturated rings. The number of aromatic nitrogens is 2. The monoisotopic (exact) mass is 548 g/mol. The number of aryl methyl sites for hydroxylation is 1. The minimum absolute atomic E-state index is 0.0390. The van der Waals surface area contributed by atoms with E-state index in [1.807, 2.05) is 0 Å². The Hall–Kier alpha value is -3.54. The van der Waals surface area contributed by atoms with E-state index < -0.39 is 30.1 Å². The number of amides is 1. The predicted molar refractivity (Wildman–Crippen MR) is 136 cm³/mol. The molecule has 8 nitrogen and oxygen atoms in total. The van der Waals surface area contributed by atoms with Crippen molar-refractivity contribution in [3.05, 3.63) is 57.6 Å². The minimum Gasteiger partial charge on any atom is -0.497 e. The lowest BCUT2D eigenvalue weighted by Gasteiger charge is -2.34. The zero-order chi connectivity index (χ0) is 27.0. The van der Waals surface area contributed by atoms with Crippen LogP contribution in [0.15, 0.2) is 30.5 Å². The lowest BCUT2D eigenvalue weighted by molar-refractivity contribution is -0.173. The normalized spacial score (nSPS) is 18.7. The van der Waals surface area contributed by atoms with E-state index in [1.54, 1.807) is 31.2 Å². The number of benzene rings is 1. The smallest absolute Gasteiger partial charge is 0.410 e. The molecule has 1 amide bonds. The van der Waals surface area contributed by atoms with Gasteiger partial charge in [0, 0.05) is 11.3 Å². The molecule has 1 aliphatic heterocycles. The van der Waals surface area contributed by atoms with Crippen molar-refractivity contribution in [2.24, 2.45) is 0 Å². The fourth-order valence-electron chi connectivity index (χ4n) is 5.05. The van der Waals surface area contributed by atoms with E-state index in [4.69, 9.17) is 9.47 Å². The summed E-state index contributed by atoms with van der Waals surface area (Å²) in [6.07, 6.45) is -0.363. The van der Waals surface area contributed by atoms with E-state index in [0.717, 1.165) is 40.6 Å². The fraction of sp³-hybridized carbons (Fsp3) is 0.423. The van der Waals surface area contributed by atoms with Crippen molar-refractivity contribution >= 4 is 34.0 Å². The van der Waals surface area contributed by atoms with Gasteiger partial charge in [0.05, 0.1) is 31.5 Å². The van der Waals surface area contributed by atoms with Crippen LogP contribution >= 0.6 is 11.3 Å². The molecule has 5 rings (SSSR count). The molecule has 0 spiro atoms. The molecule has 202 valence electrons. The average Bonchev–Trinajstić information content (AvgIpc) is 3.49. The largest absolute Gasteiger partial charge is 0.497 e. The summed E-state index contributed by atoms with van der Waals surface area (Å²) in [7, 11) is 1.48. The summed E-state index contributed by atoms with van der Waals surface area (Å²) in [6.45, 7) is 1.89. The second-order valence-corrected chi connectivity index (χ2v) is 10.3. The molecule has 1 aliphatic carbocycles. The molecule has 0 saturated carbocycles. The van der Waals surface area contributed by atoms with Gasteiger partial charge in [0.15, 0.2) is 6.04 Å². The minimum atomic E-state index is -4.59. The Morgan fingerprint density at radius 1 is 1.26 bits per heavy atom. The fourth-order valence-corrected chi connectivity index (χ4v) is 6.32. The quantitative estimate of drug-likeness (QED) is 0.372. The highest BCUT2D eigenvalue weighted by atomic mass is 32.1. The number of ether oxygens (including phenoxy) is 2. The third kappa shape index (κ3) is 4.84. The number of fused-ring (bicyclic) bond motifs is 2. The molecule has 2 aliphatic rings. The number of carbonyl (C=O) groups excluding carboxylic acids is 2. The zero-order valence-electron chi connectivity index (χ0n) is 20.9. The molecule has 1 aromatic carbocycles. The maximum absolute atomic E-state index is 14.1. The summed E-state index contributed by atoms with van der Waals surface area (Å²) in [5, 5.41) is 10.1. The molecule has 0 radical (unpaired) electrons. The maximum Gasteiger partial charge on any atom is 0.410 e. The number of methoxy groups -OCH3 is 1. The van der Waals surface area contributed by atoms with Gasteiger partial charge >= 0.3 is 12.1 Å². The zero-order valence-corrected chi connectivity index (χ0v) is 21.7. The van der Waals surface area contributed by atoms with Gasteiger partial charge in [-0.25, -0.2) is 9.48 Å². The number of hydrogen-bond donors (Lipinski definition) is 2. The van der Waals surface area contributed by atoms with Crippen molar-refractivity contribution in [2.75, 3.05) is 24.4 Å². The standard InChI is InChI=1S/C26H27F3N4O4S/c1-3-37-25(35)21-16-9-4-5-10-19(16)38-24(21)32-23(34)17-13-30-33-20(26(27,28)29)12-18(31-22(17)33)14-7-6-8-15(11-14)36-2/h6-8,11,13,18,20,31H,3-5,9-10,12H2,1-2H3,(H,32,34)/t18-,20-/m0/s1. The van der Waals surface area contributed by atoms with Crippen LogP contribution in [0.5, 0.6) is 5.75 Å². The Bertz CT molecular complexity index is 1370. The SMILES string of the molecule is CCOC(=O)c1c(NC(=O)c2cnn3c2N[C@H](c2cccc(OC)c2)C[C@H]3C(F)(F)F)sc2c1CCCC2. The van der Waals surface area contributed by atoms with Crippen molar-refractivity contribution in [3.8, 4) is 5.75 Å². The first-order valence-corrected chi connectivity index (χ1v) is 13.2. The number of esters is 1. The molecule has 3 heterocycles. The number of nitrogens with one attached hydrogen (secondary N) is 2. The molecule has 12 heteroatoms. The molecule has 2 aromatic heterocycles. The maximum atomic E-state index is 14.1. The number of alkyl halides is 3. The molecule has 3 aromatic rings. The summed E-state index contributed by atoms with van der Waals surface area (Å²) < 4.78 is 53.6. The number of anilines is 2. The number of nitrogens with zero attached hydrogens (tertiary/aromatic N) is 2. The molecule has 0 bridgehead atoms. The average molecular weight is 549 g/mol. The van der Waals surface area contributed by atoms with Gasteiger partial charge in [0.2, 0.25) is 0 Å². The first-order chi connectivity index (χ1) is 18.2. The Balaban J connectivity index is 1.50. The predicted octanol–water partition coefficient (Wildman–Crippen LogP) is 5.92. The Kier molecular flexibility index (Phi) is 7.08. The number of hydrogen-bond acceptors (Lipinski definition) is 7. The van der Waals surface area contributed by atoms with Crippen molar-refractivity contribution in [1.29, 1.82) is 0 Å². The van der Waals surface area contributed by atoms with E-state index in [0.29, 0.717) is 28.3 Å². The topological polar surface area (TPSA) is 94.5 Å². The molecule has 0 unspecified atom stereocenters. The van der Waals surface area contributed by atoms with Crippen molar-refractivity contribution < 1.29 is 32.2 Å². The van der Waals surface area contributed by atoms with Gasteiger partial charge in [-0.05, 0) is 55.9 Å². The molecular formula is C26H27F3N4O4S. The number of halogens is 3. The van der Waals surface area contributed by atoms with Gasteiger partial charge in [-0.3, -0.25) is 4.79 Å². The molecule has 2 N–H and O–H groups in total. The highest BCUT2D eigenvalue weighted by Crippen LogP contribution is 2.45. The summed E-state index contributed by atoms with van der Waals surface area (Å²) >= 11 is 1.31. The Morgan fingerprint density at radius 3 is 2.79 bits per heavy atom. The number of rotatable bonds is 6. The summed E-state index contributed by atoms with van der Waals surface area (Å²) in [6, 6.07) is 4.11. The van der Waals surface area contributed by atoms with Crippen molar-refractivity contribution in [1.82, 2.24) is 9.78 Å². The summed E-state index contributed by atoms with van der Waals surface area (Å²) in [5.41, 5.74) is 1.75. The molecule has 2 atom stereocenters. The number of carbonyl (C=O) groups is 2. The Labute approximate surface area is 221 Å². The van der Waals surface area contributed by atoms with Crippen LogP contribution in [0.3, 0.4) is 0 Å². The summed E-state index contributed by atoms with van der Waals surface area (Å²) in [5.74, 6) is -0.705. The third-order valence-electron chi connectivity index (χ3n) is 6.86. The van der Waals surface area contributed by atoms with E-state index in [-0.39, 0.29) is 24.4 Å². The number of thiophene rings is 1. The van der Waals surface area contributed by atoms with Gasteiger partial charge in [-0.1, -0.05) is 12.1 Å². The van der Waals surface area contributed by atoms with E-state index in [2.05, 4.69) is 15.7 Å². The van der Waals surface area contributed by atoms with Crippen LogP contribution in [0.4, 0.5) is 24.0 Å². The molecule has 38 heavy (non-hydrogen) atoms. The lowest BCUT2D eigenvalue weighted by Crippen LogP contribution is -2.36. The van der Waals surface area contributed by atoms with Crippen LogP contribution in [0.1, 0.15) is 75.0 Å².